The van der Waals surface area contributed by atoms with E-state index in [-0.39, 0.29) is 5.41 Å². The molecule has 122 valence electrons. The first-order valence-corrected chi connectivity index (χ1v) is 8.36. The Labute approximate surface area is 131 Å². The molecule has 2 aliphatic rings. The van der Waals surface area contributed by atoms with Crippen molar-refractivity contribution in [3.63, 3.8) is 0 Å². The maximum absolute atomic E-state index is 11.1. The summed E-state index contributed by atoms with van der Waals surface area (Å²) in [6, 6.07) is 0. The van der Waals surface area contributed by atoms with Gasteiger partial charge in [-0.2, -0.15) is 0 Å². The van der Waals surface area contributed by atoms with E-state index in [2.05, 4.69) is 0 Å². The number of hydrogen-bond acceptors (Lipinski definition) is 2. The minimum Gasteiger partial charge on any atom is -0.478 e. The maximum atomic E-state index is 11.1. The number of carboxylic acid groups (broad SMARTS) is 2. The number of allylic oxidation sites excluding steroid dienone is 2. The average Bonchev–Trinajstić information content (AvgIpc) is 3.14. The Morgan fingerprint density at radius 2 is 1.32 bits per heavy atom. The van der Waals surface area contributed by atoms with Gasteiger partial charge >= 0.3 is 11.9 Å². The summed E-state index contributed by atoms with van der Waals surface area (Å²) in [5.41, 5.74) is -0.183. The smallest absolute Gasteiger partial charge is 0.327 e. The summed E-state index contributed by atoms with van der Waals surface area (Å²) in [4.78, 5) is 21.9. The van der Waals surface area contributed by atoms with Crippen LogP contribution < -0.4 is 0 Å². The second kappa shape index (κ2) is 7.61. The van der Waals surface area contributed by atoms with Gasteiger partial charge in [-0.05, 0) is 49.4 Å². The summed E-state index contributed by atoms with van der Waals surface area (Å²) >= 11 is 0. The van der Waals surface area contributed by atoms with Gasteiger partial charge in [0.1, 0.15) is 0 Å². The molecule has 2 saturated carbocycles. The maximum Gasteiger partial charge on any atom is 0.327 e. The molecule has 4 heteroatoms. The molecule has 0 amide bonds. The van der Waals surface area contributed by atoms with Crippen molar-refractivity contribution in [1.82, 2.24) is 0 Å². The molecular weight excluding hydrogens is 280 g/mol. The molecule has 0 spiro atoms. The van der Waals surface area contributed by atoms with Gasteiger partial charge in [-0.1, -0.05) is 37.8 Å². The second-order valence-electron chi connectivity index (χ2n) is 6.69. The number of carbonyl (C=O) groups is 2. The first-order chi connectivity index (χ1) is 10.5. The number of aliphatic carboxylic acids is 2. The molecule has 0 saturated heterocycles. The summed E-state index contributed by atoms with van der Waals surface area (Å²) in [6.45, 7) is 0. The number of rotatable bonds is 7. The number of hydrogen-bond donors (Lipinski definition) is 2. The van der Waals surface area contributed by atoms with Crippen LogP contribution in [0.4, 0.5) is 0 Å². The SMILES string of the molecule is O=C(O)C=CCC(C=CC(=O)O)(C1CCCC1)C1CCCC1. The van der Waals surface area contributed by atoms with Crippen LogP contribution in [0.25, 0.3) is 0 Å². The van der Waals surface area contributed by atoms with Gasteiger partial charge in [-0.25, -0.2) is 9.59 Å². The monoisotopic (exact) mass is 306 g/mol. The Morgan fingerprint density at radius 3 is 1.73 bits per heavy atom. The standard InChI is InChI=1S/C18H26O4/c19-16(20)10-5-12-18(13-11-17(21)22,14-6-1-2-7-14)15-8-3-4-9-15/h5,10-11,13-15H,1-4,6-9,12H2,(H,19,20)(H,21,22). The molecule has 0 aromatic heterocycles. The van der Waals surface area contributed by atoms with Crippen molar-refractivity contribution in [2.75, 3.05) is 0 Å². The van der Waals surface area contributed by atoms with Gasteiger partial charge in [-0.3, -0.25) is 0 Å². The molecular formula is C18H26O4. The van der Waals surface area contributed by atoms with Gasteiger partial charge in [0.05, 0.1) is 0 Å². The summed E-state index contributed by atoms with van der Waals surface area (Å²) in [5, 5.41) is 17.9. The van der Waals surface area contributed by atoms with Crippen LogP contribution in [-0.2, 0) is 9.59 Å². The van der Waals surface area contributed by atoms with Gasteiger partial charge in [0.15, 0.2) is 0 Å². The highest BCUT2D eigenvalue weighted by Gasteiger charge is 2.44. The van der Waals surface area contributed by atoms with Gasteiger partial charge in [0, 0.05) is 12.2 Å². The zero-order valence-electron chi connectivity index (χ0n) is 13.0. The van der Waals surface area contributed by atoms with Gasteiger partial charge in [-0.15, -0.1) is 0 Å². The second-order valence-corrected chi connectivity index (χ2v) is 6.69. The minimum atomic E-state index is -0.936. The van der Waals surface area contributed by atoms with Crippen molar-refractivity contribution in [2.45, 2.75) is 57.8 Å². The summed E-state index contributed by atoms with van der Waals surface area (Å²) in [7, 11) is 0. The molecule has 0 aliphatic heterocycles. The lowest BCUT2D eigenvalue weighted by molar-refractivity contribution is -0.132. The molecule has 2 N–H and O–H groups in total. The van der Waals surface area contributed by atoms with E-state index < -0.39 is 11.9 Å². The van der Waals surface area contributed by atoms with Crippen LogP contribution in [0.5, 0.6) is 0 Å². The fourth-order valence-electron chi connectivity index (χ4n) is 4.52. The van der Waals surface area contributed by atoms with E-state index in [1.54, 1.807) is 6.08 Å². The molecule has 2 rings (SSSR count). The highest BCUT2D eigenvalue weighted by Crippen LogP contribution is 2.53. The van der Waals surface area contributed by atoms with E-state index in [1.165, 1.54) is 37.8 Å². The molecule has 0 aromatic rings. The van der Waals surface area contributed by atoms with E-state index in [4.69, 9.17) is 10.2 Å². The van der Waals surface area contributed by atoms with Crippen LogP contribution in [-0.4, -0.2) is 22.2 Å². The first-order valence-electron chi connectivity index (χ1n) is 8.36. The van der Waals surface area contributed by atoms with E-state index in [0.29, 0.717) is 18.3 Å². The average molecular weight is 306 g/mol. The van der Waals surface area contributed by atoms with Crippen molar-refractivity contribution in [3.05, 3.63) is 24.3 Å². The zero-order chi connectivity index (χ0) is 16.0. The van der Waals surface area contributed by atoms with E-state index >= 15 is 0 Å². The third kappa shape index (κ3) is 3.99. The van der Waals surface area contributed by atoms with E-state index in [0.717, 1.165) is 25.7 Å². The Hall–Kier alpha value is -1.58. The van der Waals surface area contributed by atoms with E-state index in [1.807, 2.05) is 6.08 Å². The lowest BCUT2D eigenvalue weighted by Gasteiger charge is -2.41. The predicted octanol–water partition coefficient (Wildman–Crippen LogP) is 4.02. The molecule has 2 aliphatic carbocycles. The lowest BCUT2D eigenvalue weighted by atomic mass is 9.62. The molecule has 2 fully saturated rings. The predicted molar refractivity (Wildman–Crippen MR) is 84.5 cm³/mol. The lowest BCUT2D eigenvalue weighted by Crippen LogP contribution is -2.34. The fraction of sp³-hybridized carbons (Fsp3) is 0.667. The highest BCUT2D eigenvalue weighted by molar-refractivity contribution is 5.80. The largest absolute Gasteiger partial charge is 0.478 e. The van der Waals surface area contributed by atoms with Gasteiger partial charge in [0.25, 0.3) is 0 Å². The van der Waals surface area contributed by atoms with Crippen LogP contribution >= 0.6 is 0 Å². The molecule has 0 heterocycles. The fourth-order valence-corrected chi connectivity index (χ4v) is 4.52. The summed E-state index contributed by atoms with van der Waals surface area (Å²) < 4.78 is 0. The quantitative estimate of drug-likeness (QED) is 0.696. The van der Waals surface area contributed by atoms with Crippen LogP contribution in [0, 0.1) is 17.3 Å². The molecule has 0 radical (unpaired) electrons. The third-order valence-corrected chi connectivity index (χ3v) is 5.50. The molecule has 22 heavy (non-hydrogen) atoms. The topological polar surface area (TPSA) is 74.6 Å². The number of carboxylic acids is 2. The molecule has 0 unspecified atom stereocenters. The van der Waals surface area contributed by atoms with Crippen molar-refractivity contribution in [1.29, 1.82) is 0 Å². The minimum absolute atomic E-state index is 0.183. The van der Waals surface area contributed by atoms with Crippen LogP contribution in [0.15, 0.2) is 24.3 Å². The van der Waals surface area contributed by atoms with Crippen molar-refractivity contribution < 1.29 is 19.8 Å². The van der Waals surface area contributed by atoms with E-state index in [9.17, 15) is 9.59 Å². The Kier molecular flexibility index (Phi) is 5.81. The normalized spacial score (nSPS) is 21.3. The van der Waals surface area contributed by atoms with Crippen molar-refractivity contribution in [3.8, 4) is 0 Å². The van der Waals surface area contributed by atoms with Crippen LogP contribution in [0.3, 0.4) is 0 Å². The highest BCUT2D eigenvalue weighted by atomic mass is 16.4. The molecule has 0 bridgehead atoms. The zero-order valence-corrected chi connectivity index (χ0v) is 13.0. The van der Waals surface area contributed by atoms with Crippen molar-refractivity contribution in [2.24, 2.45) is 17.3 Å². The Balaban J connectivity index is 2.31. The molecule has 0 aromatic carbocycles. The summed E-state index contributed by atoms with van der Waals surface area (Å²) in [5.74, 6) is -0.897. The first kappa shape index (κ1) is 16.8. The Bertz CT molecular complexity index is 436. The van der Waals surface area contributed by atoms with Gasteiger partial charge in [0.2, 0.25) is 0 Å². The van der Waals surface area contributed by atoms with Crippen molar-refractivity contribution >= 4 is 11.9 Å². The third-order valence-electron chi connectivity index (χ3n) is 5.50. The van der Waals surface area contributed by atoms with Gasteiger partial charge < -0.3 is 10.2 Å². The summed E-state index contributed by atoms with van der Waals surface area (Å²) in [6.07, 6.45) is 16.0. The Morgan fingerprint density at radius 1 is 0.864 bits per heavy atom. The molecule has 0 atom stereocenters. The van der Waals surface area contributed by atoms with Crippen LogP contribution in [0.2, 0.25) is 0 Å². The molecule has 4 nitrogen and oxygen atoms in total. The van der Waals surface area contributed by atoms with Crippen LogP contribution in [0.1, 0.15) is 57.8 Å².